The molecule has 0 atom stereocenters. The zero-order valence-electron chi connectivity index (χ0n) is 9.64. The molecule has 0 spiro atoms. The smallest absolute Gasteiger partial charge is 0.215 e. The number of halogens is 1. The van der Waals surface area contributed by atoms with Gasteiger partial charge in [-0.2, -0.15) is 4.98 Å². The number of fused-ring (bicyclic) bond motifs is 1. The van der Waals surface area contributed by atoms with E-state index in [0.717, 1.165) is 11.1 Å². The molecule has 0 radical (unpaired) electrons. The maximum Gasteiger partial charge on any atom is 0.215 e. The summed E-state index contributed by atoms with van der Waals surface area (Å²) in [5.74, 6) is 0.903. The summed E-state index contributed by atoms with van der Waals surface area (Å²) in [6, 6.07) is 9.75. The second-order valence-corrected chi connectivity index (χ2v) is 3.82. The van der Waals surface area contributed by atoms with Crippen molar-refractivity contribution in [2.45, 2.75) is 0 Å². The van der Waals surface area contributed by atoms with Gasteiger partial charge in [0.2, 0.25) is 5.88 Å². The van der Waals surface area contributed by atoms with Crippen LogP contribution in [-0.4, -0.2) is 22.1 Å². The Morgan fingerprint density at radius 1 is 1.06 bits per heavy atom. The van der Waals surface area contributed by atoms with Gasteiger partial charge in [-0.15, -0.1) is 0 Å². The topological polar surface area (TPSA) is 50.8 Å². The highest BCUT2D eigenvalue weighted by molar-refractivity contribution is 5.76. The van der Waals surface area contributed by atoms with Gasteiger partial charge in [0.15, 0.2) is 5.65 Å². The number of imidazole rings is 1. The molecule has 3 aromatic rings. The molecule has 1 aromatic carbocycles. The van der Waals surface area contributed by atoms with E-state index in [0.29, 0.717) is 17.4 Å². The van der Waals surface area contributed by atoms with Crippen LogP contribution in [0.3, 0.4) is 0 Å². The third-order valence-electron chi connectivity index (χ3n) is 2.65. The highest BCUT2D eigenvalue weighted by atomic mass is 19.1. The van der Waals surface area contributed by atoms with Crippen molar-refractivity contribution in [3.05, 3.63) is 42.2 Å². The first kappa shape index (κ1) is 10.7. The zero-order chi connectivity index (χ0) is 12.5. The van der Waals surface area contributed by atoms with Gasteiger partial charge in [-0.3, -0.25) is 0 Å². The summed E-state index contributed by atoms with van der Waals surface area (Å²) in [4.78, 5) is 11.7. The zero-order valence-corrected chi connectivity index (χ0v) is 9.64. The molecule has 1 N–H and O–H groups in total. The third-order valence-corrected chi connectivity index (χ3v) is 2.65. The van der Waals surface area contributed by atoms with Crippen LogP contribution >= 0.6 is 0 Å². The highest BCUT2D eigenvalue weighted by Gasteiger charge is 2.07. The molecule has 0 unspecified atom stereocenters. The molecule has 0 saturated heterocycles. The lowest BCUT2D eigenvalue weighted by atomic mass is 10.2. The van der Waals surface area contributed by atoms with Gasteiger partial charge in [-0.1, -0.05) is 0 Å². The molecule has 0 bridgehead atoms. The molecule has 2 heterocycles. The normalized spacial score (nSPS) is 10.8. The lowest BCUT2D eigenvalue weighted by molar-refractivity contribution is 0.399. The molecule has 18 heavy (non-hydrogen) atoms. The van der Waals surface area contributed by atoms with Crippen LogP contribution in [0.4, 0.5) is 4.39 Å². The lowest BCUT2D eigenvalue weighted by Gasteiger charge is -1.95. The van der Waals surface area contributed by atoms with Crippen molar-refractivity contribution < 1.29 is 9.13 Å². The van der Waals surface area contributed by atoms with Gasteiger partial charge in [-0.25, -0.2) is 9.37 Å². The minimum atomic E-state index is -0.269. The maximum absolute atomic E-state index is 12.8. The number of ether oxygens (including phenoxy) is 1. The number of methoxy groups -OCH3 is 1. The summed E-state index contributed by atoms with van der Waals surface area (Å²) in [6.45, 7) is 0. The lowest BCUT2D eigenvalue weighted by Crippen LogP contribution is -1.86. The van der Waals surface area contributed by atoms with Gasteiger partial charge in [0.05, 0.1) is 12.6 Å². The maximum atomic E-state index is 12.8. The summed E-state index contributed by atoms with van der Waals surface area (Å²) in [5, 5.41) is 0. The van der Waals surface area contributed by atoms with Crippen LogP contribution in [-0.2, 0) is 0 Å². The van der Waals surface area contributed by atoms with Crippen LogP contribution in [0.15, 0.2) is 36.4 Å². The number of hydrogen-bond acceptors (Lipinski definition) is 3. The fourth-order valence-corrected chi connectivity index (χ4v) is 1.73. The predicted octanol–water partition coefficient (Wildman–Crippen LogP) is 2.77. The first-order chi connectivity index (χ1) is 8.76. The standard InChI is InChI=1S/C13H10FN3O/c1-18-11-7-6-10-13(16-11)17-12(15-10)8-2-4-9(14)5-3-8/h2-7H,1H3,(H,15,16,17). The average Bonchev–Trinajstić information content (AvgIpc) is 2.82. The van der Waals surface area contributed by atoms with Gasteiger partial charge >= 0.3 is 0 Å². The fraction of sp³-hybridized carbons (Fsp3) is 0.0769. The monoisotopic (exact) mass is 243 g/mol. The number of H-pyrrole nitrogens is 1. The van der Waals surface area contributed by atoms with E-state index in [1.54, 1.807) is 25.3 Å². The van der Waals surface area contributed by atoms with Crippen LogP contribution in [0.5, 0.6) is 5.88 Å². The van der Waals surface area contributed by atoms with Crippen molar-refractivity contribution in [3.63, 3.8) is 0 Å². The van der Waals surface area contributed by atoms with E-state index in [1.807, 2.05) is 6.07 Å². The summed E-state index contributed by atoms with van der Waals surface area (Å²) < 4.78 is 17.9. The van der Waals surface area contributed by atoms with Crippen molar-refractivity contribution in [1.29, 1.82) is 0 Å². The van der Waals surface area contributed by atoms with Gasteiger partial charge in [0, 0.05) is 11.6 Å². The Bertz CT molecular complexity index is 691. The van der Waals surface area contributed by atoms with Crippen molar-refractivity contribution in [3.8, 4) is 17.3 Å². The Labute approximate surface area is 102 Å². The minimum absolute atomic E-state index is 0.269. The number of rotatable bonds is 2. The number of aromatic amines is 1. The van der Waals surface area contributed by atoms with Gasteiger partial charge in [0.1, 0.15) is 11.6 Å². The van der Waals surface area contributed by atoms with E-state index in [4.69, 9.17) is 4.74 Å². The molecular formula is C13H10FN3O. The molecule has 0 aliphatic rings. The SMILES string of the molecule is COc1ccc2[nH]c(-c3ccc(F)cc3)nc2n1. The second-order valence-electron chi connectivity index (χ2n) is 3.82. The quantitative estimate of drug-likeness (QED) is 0.753. The van der Waals surface area contributed by atoms with Crippen molar-refractivity contribution in [1.82, 2.24) is 15.0 Å². The molecule has 0 aliphatic carbocycles. The number of nitrogens with one attached hydrogen (secondary N) is 1. The average molecular weight is 243 g/mol. The fourth-order valence-electron chi connectivity index (χ4n) is 1.73. The van der Waals surface area contributed by atoms with Crippen molar-refractivity contribution in [2.24, 2.45) is 0 Å². The molecule has 0 amide bonds. The molecule has 4 nitrogen and oxygen atoms in total. The highest BCUT2D eigenvalue weighted by Crippen LogP contribution is 2.21. The van der Waals surface area contributed by atoms with E-state index in [-0.39, 0.29) is 5.82 Å². The van der Waals surface area contributed by atoms with Crippen LogP contribution in [0.2, 0.25) is 0 Å². The Morgan fingerprint density at radius 2 is 1.83 bits per heavy atom. The van der Waals surface area contributed by atoms with E-state index in [2.05, 4.69) is 15.0 Å². The molecule has 0 aliphatic heterocycles. The number of aromatic nitrogens is 3. The molecule has 2 aromatic heterocycles. The molecule has 3 rings (SSSR count). The molecule has 5 heteroatoms. The van der Waals surface area contributed by atoms with E-state index in [1.165, 1.54) is 12.1 Å². The first-order valence-electron chi connectivity index (χ1n) is 5.43. The first-order valence-corrected chi connectivity index (χ1v) is 5.43. The number of nitrogens with zero attached hydrogens (tertiary/aromatic N) is 2. The number of hydrogen-bond donors (Lipinski definition) is 1. The van der Waals surface area contributed by atoms with Crippen LogP contribution in [0, 0.1) is 5.82 Å². The third kappa shape index (κ3) is 1.79. The number of pyridine rings is 1. The van der Waals surface area contributed by atoms with Gasteiger partial charge < -0.3 is 9.72 Å². The Kier molecular flexibility index (Phi) is 2.44. The van der Waals surface area contributed by atoms with E-state index < -0.39 is 0 Å². The predicted molar refractivity (Wildman–Crippen MR) is 65.8 cm³/mol. The van der Waals surface area contributed by atoms with Crippen LogP contribution in [0.1, 0.15) is 0 Å². The summed E-state index contributed by atoms with van der Waals surface area (Å²) in [6.07, 6.45) is 0. The summed E-state index contributed by atoms with van der Waals surface area (Å²) in [5.41, 5.74) is 2.21. The summed E-state index contributed by atoms with van der Waals surface area (Å²) in [7, 11) is 1.56. The minimum Gasteiger partial charge on any atom is -0.481 e. The van der Waals surface area contributed by atoms with E-state index in [9.17, 15) is 4.39 Å². The van der Waals surface area contributed by atoms with Gasteiger partial charge in [0.25, 0.3) is 0 Å². The Balaban J connectivity index is 2.10. The number of benzene rings is 1. The molecule has 90 valence electrons. The Hall–Kier alpha value is -2.43. The van der Waals surface area contributed by atoms with E-state index >= 15 is 0 Å². The molecule has 0 saturated carbocycles. The van der Waals surface area contributed by atoms with Crippen molar-refractivity contribution >= 4 is 11.2 Å². The molecule has 0 fully saturated rings. The molecular weight excluding hydrogens is 233 g/mol. The largest absolute Gasteiger partial charge is 0.481 e. The Morgan fingerprint density at radius 3 is 2.56 bits per heavy atom. The van der Waals surface area contributed by atoms with Crippen LogP contribution < -0.4 is 4.74 Å². The van der Waals surface area contributed by atoms with Crippen molar-refractivity contribution in [2.75, 3.05) is 7.11 Å². The van der Waals surface area contributed by atoms with Gasteiger partial charge in [-0.05, 0) is 30.3 Å². The van der Waals surface area contributed by atoms with Crippen LogP contribution in [0.25, 0.3) is 22.6 Å². The second kappa shape index (κ2) is 4.10. The summed E-state index contributed by atoms with van der Waals surface area (Å²) >= 11 is 0.